The number of likely N-dealkylation sites (tertiary alicyclic amines) is 1. The minimum Gasteiger partial charge on any atom is -0.476 e. The Balaban J connectivity index is 1.87. The Hall–Kier alpha value is -1.47. The van der Waals surface area contributed by atoms with Crippen molar-refractivity contribution in [2.45, 2.75) is 25.9 Å². The van der Waals surface area contributed by atoms with E-state index in [0.717, 1.165) is 19.1 Å². The Labute approximate surface area is 147 Å². The molecule has 1 unspecified atom stereocenters. The van der Waals surface area contributed by atoms with Gasteiger partial charge in [0, 0.05) is 18.1 Å². The number of ether oxygens (including phenoxy) is 1. The minimum atomic E-state index is -3.54. The van der Waals surface area contributed by atoms with Crippen LogP contribution in [0, 0.1) is 5.92 Å². The molecular weight excluding hydrogens is 352 g/mol. The van der Waals surface area contributed by atoms with E-state index in [-0.39, 0.29) is 12.5 Å². The summed E-state index contributed by atoms with van der Waals surface area (Å²) in [5, 5.41) is 0.417. The van der Waals surface area contributed by atoms with Crippen LogP contribution in [0.4, 0.5) is 5.69 Å². The molecule has 1 fully saturated rings. The molecule has 0 aromatic heterocycles. The molecule has 1 aromatic rings. The molecule has 0 bridgehead atoms. The first kappa shape index (κ1) is 17.4. The Kier molecular flexibility index (Phi) is 4.66. The van der Waals surface area contributed by atoms with Gasteiger partial charge in [0.15, 0.2) is 6.10 Å². The third-order valence-corrected chi connectivity index (χ3v) is 5.94. The predicted octanol–water partition coefficient (Wildman–Crippen LogP) is 2.13. The van der Waals surface area contributed by atoms with Crippen LogP contribution in [-0.4, -0.2) is 51.2 Å². The van der Waals surface area contributed by atoms with Crippen molar-refractivity contribution in [1.82, 2.24) is 4.90 Å². The zero-order valence-corrected chi connectivity index (χ0v) is 15.3. The normalized spacial score (nSPS) is 22.0. The average Bonchev–Trinajstić information content (AvgIpc) is 2.53. The molecule has 24 heavy (non-hydrogen) atoms. The molecule has 6 nitrogen and oxygen atoms in total. The summed E-state index contributed by atoms with van der Waals surface area (Å²) in [6.07, 6.45) is 2.20. The van der Waals surface area contributed by atoms with E-state index in [1.54, 1.807) is 23.1 Å². The van der Waals surface area contributed by atoms with E-state index in [1.807, 2.05) is 0 Å². The van der Waals surface area contributed by atoms with Gasteiger partial charge in [0.25, 0.3) is 5.91 Å². The maximum atomic E-state index is 12.8. The van der Waals surface area contributed by atoms with Gasteiger partial charge in [-0.2, -0.15) is 0 Å². The Morgan fingerprint density at radius 3 is 2.58 bits per heavy atom. The number of hydrogen-bond acceptors (Lipinski definition) is 4. The maximum absolute atomic E-state index is 12.8. The van der Waals surface area contributed by atoms with Crippen molar-refractivity contribution in [2.75, 3.05) is 30.2 Å². The first-order valence-corrected chi connectivity index (χ1v) is 10.2. The van der Waals surface area contributed by atoms with Crippen LogP contribution in [0.2, 0.25) is 5.02 Å². The van der Waals surface area contributed by atoms with E-state index < -0.39 is 16.1 Å². The quantitative estimate of drug-likeness (QED) is 0.797. The number of halogens is 1. The summed E-state index contributed by atoms with van der Waals surface area (Å²) in [4.78, 5) is 14.5. The van der Waals surface area contributed by atoms with E-state index in [9.17, 15) is 13.2 Å². The second kappa shape index (κ2) is 6.44. The van der Waals surface area contributed by atoms with Crippen LogP contribution >= 0.6 is 11.6 Å². The van der Waals surface area contributed by atoms with E-state index >= 15 is 0 Å². The molecule has 8 heteroatoms. The van der Waals surface area contributed by atoms with Gasteiger partial charge in [-0.25, -0.2) is 8.42 Å². The van der Waals surface area contributed by atoms with Crippen molar-refractivity contribution < 1.29 is 17.9 Å². The van der Waals surface area contributed by atoms with Crippen LogP contribution in [0.1, 0.15) is 19.8 Å². The zero-order chi connectivity index (χ0) is 17.5. The number of anilines is 1. The summed E-state index contributed by atoms with van der Waals surface area (Å²) in [6.45, 7) is 3.51. The van der Waals surface area contributed by atoms with Crippen LogP contribution in [0.25, 0.3) is 0 Å². The van der Waals surface area contributed by atoms with E-state index in [4.69, 9.17) is 16.3 Å². The number of benzene rings is 1. The smallest absolute Gasteiger partial charge is 0.265 e. The number of fused-ring (bicyclic) bond motifs is 1. The number of amides is 1. The zero-order valence-electron chi connectivity index (χ0n) is 13.7. The summed E-state index contributed by atoms with van der Waals surface area (Å²) < 4.78 is 31.3. The van der Waals surface area contributed by atoms with Gasteiger partial charge in [0.1, 0.15) is 5.75 Å². The number of carbonyl (C=O) groups excluding carboxylic acids is 1. The molecule has 0 aliphatic carbocycles. The maximum Gasteiger partial charge on any atom is 0.265 e. The van der Waals surface area contributed by atoms with Crippen LogP contribution in [0.15, 0.2) is 18.2 Å². The number of carbonyl (C=O) groups is 1. The summed E-state index contributed by atoms with van der Waals surface area (Å²) in [5.74, 6) is 0.813. The lowest BCUT2D eigenvalue weighted by Gasteiger charge is -2.38. The topological polar surface area (TPSA) is 66.9 Å². The molecule has 2 aliphatic heterocycles. The first-order valence-electron chi connectivity index (χ1n) is 7.98. The van der Waals surface area contributed by atoms with E-state index in [1.165, 1.54) is 4.31 Å². The number of rotatable bonds is 2. The number of nitrogens with zero attached hydrogens (tertiary/aromatic N) is 2. The summed E-state index contributed by atoms with van der Waals surface area (Å²) >= 11 is 5.97. The fourth-order valence-electron chi connectivity index (χ4n) is 3.10. The number of hydrogen-bond donors (Lipinski definition) is 0. The largest absolute Gasteiger partial charge is 0.476 e. The highest BCUT2D eigenvalue weighted by molar-refractivity contribution is 7.92. The fourth-order valence-corrected chi connectivity index (χ4v) is 4.17. The molecule has 2 heterocycles. The van der Waals surface area contributed by atoms with Crippen LogP contribution in [0.3, 0.4) is 0 Å². The first-order chi connectivity index (χ1) is 11.3. The summed E-state index contributed by atoms with van der Waals surface area (Å²) in [5.41, 5.74) is 0.376. The molecule has 0 N–H and O–H groups in total. The van der Waals surface area contributed by atoms with Gasteiger partial charge < -0.3 is 9.64 Å². The number of piperidine rings is 1. The van der Waals surface area contributed by atoms with Gasteiger partial charge >= 0.3 is 0 Å². The molecule has 1 amide bonds. The third kappa shape index (κ3) is 3.47. The van der Waals surface area contributed by atoms with Crippen molar-refractivity contribution in [3.63, 3.8) is 0 Å². The molecule has 132 valence electrons. The van der Waals surface area contributed by atoms with Crippen molar-refractivity contribution in [1.29, 1.82) is 0 Å². The Morgan fingerprint density at radius 2 is 1.96 bits per heavy atom. The molecule has 0 saturated carbocycles. The molecule has 3 rings (SSSR count). The monoisotopic (exact) mass is 372 g/mol. The SMILES string of the molecule is CC1CCN(C(=O)C2CN(S(C)(=O)=O)c3cc(Cl)ccc3O2)CC1. The molecule has 0 radical (unpaired) electrons. The molecule has 1 saturated heterocycles. The lowest BCUT2D eigenvalue weighted by Crippen LogP contribution is -2.53. The lowest BCUT2D eigenvalue weighted by molar-refractivity contribution is -0.139. The Morgan fingerprint density at radius 1 is 1.29 bits per heavy atom. The standard InChI is InChI=1S/C16H21ClN2O4S/c1-11-5-7-18(8-6-11)16(20)15-10-19(24(2,21)22)13-9-12(17)3-4-14(13)23-15/h3-4,9,11,15H,5-8,10H2,1-2H3. The van der Waals surface area contributed by atoms with Crippen LogP contribution in [0.5, 0.6) is 5.75 Å². The second-order valence-corrected chi connectivity index (χ2v) is 8.86. The molecule has 1 aromatic carbocycles. The third-order valence-electron chi connectivity index (χ3n) is 4.56. The highest BCUT2D eigenvalue weighted by Gasteiger charge is 2.37. The number of sulfonamides is 1. The molecule has 0 spiro atoms. The lowest BCUT2D eigenvalue weighted by atomic mass is 9.99. The van der Waals surface area contributed by atoms with Gasteiger partial charge in [-0.05, 0) is 37.0 Å². The highest BCUT2D eigenvalue weighted by atomic mass is 35.5. The van der Waals surface area contributed by atoms with E-state index in [2.05, 4.69) is 6.92 Å². The predicted molar refractivity (Wildman–Crippen MR) is 93.0 cm³/mol. The highest BCUT2D eigenvalue weighted by Crippen LogP contribution is 2.37. The van der Waals surface area contributed by atoms with Crippen LogP contribution < -0.4 is 9.04 Å². The summed E-state index contributed by atoms with van der Waals surface area (Å²) in [6, 6.07) is 4.77. The minimum absolute atomic E-state index is 0.0307. The Bertz CT molecular complexity index is 744. The summed E-state index contributed by atoms with van der Waals surface area (Å²) in [7, 11) is -3.54. The van der Waals surface area contributed by atoms with E-state index in [0.29, 0.717) is 35.5 Å². The van der Waals surface area contributed by atoms with Crippen molar-refractivity contribution >= 4 is 33.2 Å². The van der Waals surface area contributed by atoms with Crippen molar-refractivity contribution in [3.8, 4) is 5.75 Å². The second-order valence-electron chi connectivity index (χ2n) is 6.52. The van der Waals surface area contributed by atoms with Crippen molar-refractivity contribution in [3.05, 3.63) is 23.2 Å². The van der Waals surface area contributed by atoms with Gasteiger partial charge in [0.05, 0.1) is 18.5 Å². The molecular formula is C16H21ClN2O4S. The van der Waals surface area contributed by atoms with Gasteiger partial charge in [-0.1, -0.05) is 18.5 Å². The molecule has 2 aliphatic rings. The molecule has 1 atom stereocenters. The average molecular weight is 373 g/mol. The van der Waals surface area contributed by atoms with Gasteiger partial charge in [-0.3, -0.25) is 9.10 Å². The van der Waals surface area contributed by atoms with Crippen LogP contribution in [-0.2, 0) is 14.8 Å². The fraction of sp³-hybridized carbons (Fsp3) is 0.562. The van der Waals surface area contributed by atoms with Crippen molar-refractivity contribution in [2.24, 2.45) is 5.92 Å². The van der Waals surface area contributed by atoms with Gasteiger partial charge in [0.2, 0.25) is 10.0 Å². The van der Waals surface area contributed by atoms with Gasteiger partial charge in [-0.15, -0.1) is 0 Å².